The molecular formula is C17H19N3O4. The average molecular weight is 329 g/mol. The SMILES string of the molecule is O=C1CCC(c2noc3c(OC[C@@H]4CCNC4)cccc23)C(=O)N1. The molecule has 0 bridgehead atoms. The summed E-state index contributed by atoms with van der Waals surface area (Å²) in [5.74, 6) is 0.129. The van der Waals surface area contributed by atoms with E-state index in [1.807, 2.05) is 18.2 Å². The van der Waals surface area contributed by atoms with Crippen molar-refractivity contribution in [2.24, 2.45) is 5.92 Å². The first-order chi connectivity index (χ1) is 11.7. The molecule has 3 heterocycles. The minimum Gasteiger partial charge on any atom is -0.489 e. The van der Waals surface area contributed by atoms with Gasteiger partial charge in [0.25, 0.3) is 0 Å². The summed E-state index contributed by atoms with van der Waals surface area (Å²) >= 11 is 0. The number of hydrogen-bond donors (Lipinski definition) is 2. The van der Waals surface area contributed by atoms with Crippen molar-refractivity contribution in [2.45, 2.75) is 25.2 Å². The van der Waals surface area contributed by atoms with E-state index in [1.165, 1.54) is 0 Å². The molecule has 0 aliphatic carbocycles. The second-order valence-corrected chi connectivity index (χ2v) is 6.37. The Morgan fingerprint density at radius 2 is 2.21 bits per heavy atom. The lowest BCUT2D eigenvalue weighted by molar-refractivity contribution is -0.134. The number of amides is 2. The Morgan fingerprint density at radius 1 is 1.29 bits per heavy atom. The van der Waals surface area contributed by atoms with Crippen LogP contribution in [0.4, 0.5) is 0 Å². The normalized spacial score (nSPS) is 24.3. The Labute approximate surface area is 138 Å². The van der Waals surface area contributed by atoms with Crippen LogP contribution in [0.15, 0.2) is 22.7 Å². The summed E-state index contributed by atoms with van der Waals surface area (Å²) in [6, 6.07) is 5.59. The van der Waals surface area contributed by atoms with E-state index >= 15 is 0 Å². The number of nitrogens with one attached hydrogen (secondary N) is 2. The summed E-state index contributed by atoms with van der Waals surface area (Å²) in [5, 5.41) is 10.5. The maximum atomic E-state index is 12.1. The second kappa shape index (κ2) is 6.24. The number of carbonyl (C=O) groups excluding carboxylic acids is 2. The fourth-order valence-corrected chi connectivity index (χ4v) is 3.34. The highest BCUT2D eigenvalue weighted by atomic mass is 16.5. The number of aromatic nitrogens is 1. The Hall–Kier alpha value is -2.41. The molecule has 7 heteroatoms. The molecule has 2 N–H and O–H groups in total. The molecule has 0 radical (unpaired) electrons. The maximum absolute atomic E-state index is 12.1. The number of hydrogen-bond acceptors (Lipinski definition) is 6. The maximum Gasteiger partial charge on any atom is 0.235 e. The van der Waals surface area contributed by atoms with Gasteiger partial charge in [-0.05, 0) is 31.5 Å². The van der Waals surface area contributed by atoms with Gasteiger partial charge in [0, 0.05) is 24.3 Å². The molecule has 2 atom stereocenters. The lowest BCUT2D eigenvalue weighted by atomic mass is 9.93. The Bertz CT molecular complexity index is 779. The second-order valence-electron chi connectivity index (χ2n) is 6.37. The van der Waals surface area contributed by atoms with Crippen LogP contribution in [0.5, 0.6) is 5.75 Å². The van der Waals surface area contributed by atoms with E-state index in [2.05, 4.69) is 15.8 Å². The van der Waals surface area contributed by atoms with E-state index in [-0.39, 0.29) is 11.8 Å². The van der Waals surface area contributed by atoms with Gasteiger partial charge < -0.3 is 14.6 Å². The molecule has 4 rings (SSSR count). The number of ether oxygens (including phenoxy) is 1. The molecule has 2 aromatic rings. The highest BCUT2D eigenvalue weighted by Crippen LogP contribution is 2.34. The van der Waals surface area contributed by atoms with E-state index in [0.29, 0.717) is 42.4 Å². The molecule has 1 unspecified atom stereocenters. The van der Waals surface area contributed by atoms with Crippen LogP contribution in [-0.4, -0.2) is 36.7 Å². The third-order valence-corrected chi connectivity index (χ3v) is 4.70. The van der Waals surface area contributed by atoms with Crippen molar-refractivity contribution in [1.82, 2.24) is 15.8 Å². The Morgan fingerprint density at radius 3 is 3.00 bits per heavy atom. The molecule has 2 saturated heterocycles. The van der Waals surface area contributed by atoms with Crippen LogP contribution in [0.3, 0.4) is 0 Å². The lowest BCUT2D eigenvalue weighted by Gasteiger charge is -2.18. The molecule has 1 aromatic carbocycles. The number of para-hydroxylation sites is 1. The van der Waals surface area contributed by atoms with Crippen LogP contribution < -0.4 is 15.4 Å². The molecule has 2 amide bonds. The van der Waals surface area contributed by atoms with Crippen molar-refractivity contribution in [3.63, 3.8) is 0 Å². The molecule has 1 aromatic heterocycles. The molecular weight excluding hydrogens is 310 g/mol. The molecule has 24 heavy (non-hydrogen) atoms. The fraction of sp³-hybridized carbons (Fsp3) is 0.471. The van der Waals surface area contributed by atoms with Crippen LogP contribution in [0.1, 0.15) is 30.9 Å². The highest BCUT2D eigenvalue weighted by Gasteiger charge is 2.32. The van der Waals surface area contributed by atoms with Crippen molar-refractivity contribution < 1.29 is 18.8 Å². The Balaban J connectivity index is 1.59. The van der Waals surface area contributed by atoms with Gasteiger partial charge in [-0.2, -0.15) is 0 Å². The van der Waals surface area contributed by atoms with Crippen LogP contribution in [0.2, 0.25) is 0 Å². The molecule has 126 valence electrons. The molecule has 2 aliphatic rings. The van der Waals surface area contributed by atoms with Gasteiger partial charge in [-0.1, -0.05) is 11.2 Å². The van der Waals surface area contributed by atoms with Gasteiger partial charge in [-0.3, -0.25) is 14.9 Å². The zero-order valence-electron chi connectivity index (χ0n) is 13.2. The average Bonchev–Trinajstić information content (AvgIpc) is 3.22. The van der Waals surface area contributed by atoms with Gasteiger partial charge in [0.15, 0.2) is 5.75 Å². The number of imide groups is 1. The predicted molar refractivity (Wildman–Crippen MR) is 85.6 cm³/mol. The molecule has 7 nitrogen and oxygen atoms in total. The van der Waals surface area contributed by atoms with Gasteiger partial charge in [0.1, 0.15) is 5.69 Å². The number of fused-ring (bicyclic) bond motifs is 1. The smallest absolute Gasteiger partial charge is 0.235 e. The van der Waals surface area contributed by atoms with Crippen molar-refractivity contribution in [3.05, 3.63) is 23.9 Å². The molecule has 0 saturated carbocycles. The van der Waals surface area contributed by atoms with Gasteiger partial charge in [-0.15, -0.1) is 0 Å². The number of benzene rings is 1. The van der Waals surface area contributed by atoms with Crippen molar-refractivity contribution in [2.75, 3.05) is 19.7 Å². The molecule has 2 fully saturated rings. The standard InChI is InChI=1S/C17H19N3O4/c21-14-5-4-12(17(22)19-14)15-11-2-1-3-13(16(11)24-20-15)23-9-10-6-7-18-8-10/h1-3,10,12,18H,4-9H2,(H,19,21,22)/t10-,12?/m1/s1. The summed E-state index contributed by atoms with van der Waals surface area (Å²) in [4.78, 5) is 23.4. The third-order valence-electron chi connectivity index (χ3n) is 4.70. The largest absolute Gasteiger partial charge is 0.489 e. The summed E-state index contributed by atoms with van der Waals surface area (Å²) in [6.07, 6.45) is 1.87. The van der Waals surface area contributed by atoms with Gasteiger partial charge in [-0.25, -0.2) is 0 Å². The van der Waals surface area contributed by atoms with Crippen LogP contribution in [0, 0.1) is 5.92 Å². The number of piperidine rings is 1. The summed E-state index contributed by atoms with van der Waals surface area (Å²) < 4.78 is 11.4. The van der Waals surface area contributed by atoms with E-state index in [0.717, 1.165) is 24.9 Å². The van der Waals surface area contributed by atoms with Gasteiger partial charge in [0.05, 0.1) is 12.5 Å². The van der Waals surface area contributed by atoms with Crippen molar-refractivity contribution in [3.8, 4) is 5.75 Å². The van der Waals surface area contributed by atoms with E-state index < -0.39 is 5.92 Å². The van der Waals surface area contributed by atoms with Crippen molar-refractivity contribution in [1.29, 1.82) is 0 Å². The van der Waals surface area contributed by atoms with E-state index in [1.54, 1.807) is 0 Å². The van der Waals surface area contributed by atoms with E-state index in [4.69, 9.17) is 9.26 Å². The fourth-order valence-electron chi connectivity index (χ4n) is 3.34. The summed E-state index contributed by atoms with van der Waals surface area (Å²) in [7, 11) is 0. The van der Waals surface area contributed by atoms with Crippen LogP contribution in [0.25, 0.3) is 11.0 Å². The molecule has 2 aliphatic heterocycles. The minimum atomic E-state index is -0.460. The minimum absolute atomic E-state index is 0.238. The van der Waals surface area contributed by atoms with Gasteiger partial charge in [0.2, 0.25) is 17.4 Å². The van der Waals surface area contributed by atoms with E-state index in [9.17, 15) is 9.59 Å². The topological polar surface area (TPSA) is 93.5 Å². The quantitative estimate of drug-likeness (QED) is 0.822. The third kappa shape index (κ3) is 2.75. The van der Waals surface area contributed by atoms with Crippen LogP contribution in [-0.2, 0) is 9.59 Å². The predicted octanol–water partition coefficient (Wildman–Crippen LogP) is 1.34. The lowest BCUT2D eigenvalue weighted by Crippen LogP contribution is -2.39. The monoisotopic (exact) mass is 329 g/mol. The number of carbonyl (C=O) groups is 2. The number of rotatable bonds is 4. The first kappa shape index (κ1) is 15.1. The van der Waals surface area contributed by atoms with Gasteiger partial charge >= 0.3 is 0 Å². The first-order valence-electron chi connectivity index (χ1n) is 8.28. The molecule has 0 spiro atoms. The zero-order valence-corrected chi connectivity index (χ0v) is 13.2. The number of nitrogens with zero attached hydrogens (tertiary/aromatic N) is 1. The zero-order chi connectivity index (χ0) is 16.5. The van der Waals surface area contributed by atoms with Crippen LogP contribution >= 0.6 is 0 Å². The van der Waals surface area contributed by atoms with Crippen molar-refractivity contribution >= 4 is 22.8 Å². The highest BCUT2D eigenvalue weighted by molar-refractivity contribution is 6.02. The summed E-state index contributed by atoms with van der Waals surface area (Å²) in [6.45, 7) is 2.62. The Kier molecular flexibility index (Phi) is 3.93. The first-order valence-corrected chi connectivity index (χ1v) is 8.28. The summed E-state index contributed by atoms with van der Waals surface area (Å²) in [5.41, 5.74) is 1.13.